The summed E-state index contributed by atoms with van der Waals surface area (Å²) in [5, 5.41) is 7.21. The summed E-state index contributed by atoms with van der Waals surface area (Å²) in [4.78, 5) is 9.54. The third kappa shape index (κ3) is 4.76. The van der Waals surface area contributed by atoms with Gasteiger partial charge >= 0.3 is 0 Å². The molecule has 0 bridgehead atoms. The molecule has 5 heteroatoms. The van der Waals surface area contributed by atoms with Crippen LogP contribution in [0.25, 0.3) is 105 Å². The first-order valence-electron chi connectivity index (χ1n) is 19.3. The number of nitrogens with zero attached hydrogens (tertiary/aromatic N) is 5. The van der Waals surface area contributed by atoms with Gasteiger partial charge in [-0.25, -0.2) is 4.98 Å². The molecule has 0 aliphatic rings. The molecule has 0 aliphatic carbocycles. The van der Waals surface area contributed by atoms with E-state index in [9.17, 15) is 0 Å². The van der Waals surface area contributed by atoms with Crippen molar-refractivity contribution in [1.29, 1.82) is 0 Å². The van der Waals surface area contributed by atoms with E-state index in [1.54, 1.807) is 0 Å². The van der Waals surface area contributed by atoms with Gasteiger partial charge in [-0.15, -0.1) is 0 Å². The number of pyridine rings is 2. The Balaban J connectivity index is 1.09. The standard InChI is InChI=1S/C52H33N5/c1-5-21-46-39(16-1)40-17-2-6-22-47(40)55(46)37-15-10-13-35(31-37)34-12-9-14-36(30-34)45-32-38(56-48-23-7-3-18-41(48)42-19-4-8-24-49(42)56)25-26-50(45)57-51-33-53-29-27-43(51)44-20-11-28-54-52(44)57/h1-33H. The van der Waals surface area contributed by atoms with Gasteiger partial charge in [-0.1, -0.05) is 103 Å². The number of fused-ring (bicyclic) bond motifs is 9. The fourth-order valence-corrected chi connectivity index (χ4v) is 9.12. The Hall–Kier alpha value is -7.76. The second-order valence-corrected chi connectivity index (χ2v) is 14.7. The normalized spacial score (nSPS) is 11.9. The third-order valence-electron chi connectivity index (χ3n) is 11.6. The highest BCUT2D eigenvalue weighted by atomic mass is 15.1. The second-order valence-electron chi connectivity index (χ2n) is 14.7. The van der Waals surface area contributed by atoms with E-state index in [-0.39, 0.29) is 0 Å². The van der Waals surface area contributed by atoms with Crippen LogP contribution in [0.2, 0.25) is 0 Å². The van der Waals surface area contributed by atoms with Gasteiger partial charge < -0.3 is 9.13 Å². The molecule has 0 unspecified atom stereocenters. The van der Waals surface area contributed by atoms with Gasteiger partial charge in [0.1, 0.15) is 5.65 Å². The molecule has 0 radical (unpaired) electrons. The summed E-state index contributed by atoms with van der Waals surface area (Å²) in [5.41, 5.74) is 14.5. The van der Waals surface area contributed by atoms with Gasteiger partial charge in [0, 0.05) is 61.6 Å². The Kier molecular flexibility index (Phi) is 6.86. The number of hydrogen-bond acceptors (Lipinski definition) is 2. The Bertz CT molecular complexity index is 3390. The third-order valence-corrected chi connectivity index (χ3v) is 11.6. The molecule has 0 atom stereocenters. The smallest absolute Gasteiger partial charge is 0.145 e. The average Bonchev–Trinajstić information content (AvgIpc) is 3.92. The molecule has 12 aromatic rings. The minimum atomic E-state index is 0.904. The highest BCUT2D eigenvalue weighted by Crippen LogP contribution is 2.40. The van der Waals surface area contributed by atoms with Crippen molar-refractivity contribution < 1.29 is 0 Å². The molecule has 5 aromatic heterocycles. The summed E-state index contributed by atoms with van der Waals surface area (Å²) in [6.07, 6.45) is 5.70. The minimum absolute atomic E-state index is 0.904. The Labute approximate surface area is 328 Å². The van der Waals surface area contributed by atoms with Crippen LogP contribution < -0.4 is 0 Å². The molecule has 0 saturated carbocycles. The van der Waals surface area contributed by atoms with Crippen LogP contribution >= 0.6 is 0 Å². The summed E-state index contributed by atoms with van der Waals surface area (Å²) in [7, 11) is 0. The Morgan fingerprint density at radius 3 is 1.51 bits per heavy atom. The molecule has 0 N–H and O–H groups in total. The molecular weight excluding hydrogens is 695 g/mol. The van der Waals surface area contributed by atoms with Crippen LogP contribution in [-0.4, -0.2) is 23.7 Å². The van der Waals surface area contributed by atoms with Gasteiger partial charge in [-0.2, -0.15) is 0 Å². The summed E-state index contributed by atoms with van der Waals surface area (Å²) < 4.78 is 7.05. The molecule has 0 saturated heterocycles. The molecule has 0 fully saturated rings. The predicted octanol–water partition coefficient (Wildman–Crippen LogP) is 13.1. The second kappa shape index (κ2) is 12.4. The molecule has 0 amide bonds. The highest BCUT2D eigenvalue weighted by molar-refractivity contribution is 6.11. The molecule has 12 rings (SSSR count). The van der Waals surface area contributed by atoms with Gasteiger partial charge in [-0.3, -0.25) is 9.55 Å². The first-order chi connectivity index (χ1) is 28.3. The molecule has 266 valence electrons. The lowest BCUT2D eigenvalue weighted by molar-refractivity contribution is 1.11. The molecule has 5 nitrogen and oxygen atoms in total. The number of benzene rings is 7. The van der Waals surface area contributed by atoms with E-state index in [1.807, 2.05) is 24.7 Å². The van der Waals surface area contributed by atoms with Crippen molar-refractivity contribution in [1.82, 2.24) is 23.7 Å². The van der Waals surface area contributed by atoms with Crippen molar-refractivity contribution in [3.63, 3.8) is 0 Å². The Morgan fingerprint density at radius 2 is 0.860 bits per heavy atom. The lowest BCUT2D eigenvalue weighted by atomic mass is 9.97. The Morgan fingerprint density at radius 1 is 0.333 bits per heavy atom. The molecular formula is C52H33N5. The summed E-state index contributed by atoms with van der Waals surface area (Å²) >= 11 is 0. The van der Waals surface area contributed by atoms with Crippen LogP contribution in [0.4, 0.5) is 0 Å². The topological polar surface area (TPSA) is 40.6 Å². The quantitative estimate of drug-likeness (QED) is 0.177. The van der Waals surface area contributed by atoms with Crippen molar-refractivity contribution in [2.24, 2.45) is 0 Å². The van der Waals surface area contributed by atoms with E-state index in [2.05, 4.69) is 195 Å². The molecule has 0 spiro atoms. The van der Waals surface area contributed by atoms with E-state index >= 15 is 0 Å². The average molecular weight is 728 g/mol. The lowest BCUT2D eigenvalue weighted by Crippen LogP contribution is -2.01. The number of hydrogen-bond donors (Lipinski definition) is 0. The van der Waals surface area contributed by atoms with Gasteiger partial charge in [0.15, 0.2) is 0 Å². The largest absolute Gasteiger partial charge is 0.309 e. The summed E-state index contributed by atoms with van der Waals surface area (Å²) in [6.45, 7) is 0. The van der Waals surface area contributed by atoms with Crippen LogP contribution in [0.5, 0.6) is 0 Å². The zero-order chi connectivity index (χ0) is 37.5. The monoisotopic (exact) mass is 727 g/mol. The highest BCUT2D eigenvalue weighted by Gasteiger charge is 2.20. The van der Waals surface area contributed by atoms with Crippen molar-refractivity contribution in [3.8, 4) is 39.3 Å². The maximum Gasteiger partial charge on any atom is 0.145 e. The predicted molar refractivity (Wildman–Crippen MR) is 236 cm³/mol. The van der Waals surface area contributed by atoms with Crippen LogP contribution in [0, 0.1) is 0 Å². The first kappa shape index (κ1) is 31.6. The maximum absolute atomic E-state index is 4.95. The van der Waals surface area contributed by atoms with E-state index in [0.717, 1.165) is 61.3 Å². The van der Waals surface area contributed by atoms with Crippen LogP contribution in [0.15, 0.2) is 201 Å². The van der Waals surface area contributed by atoms with Crippen molar-refractivity contribution in [2.45, 2.75) is 0 Å². The molecule has 7 aromatic carbocycles. The zero-order valence-electron chi connectivity index (χ0n) is 30.8. The van der Waals surface area contributed by atoms with Crippen molar-refractivity contribution in [3.05, 3.63) is 201 Å². The fraction of sp³-hybridized carbons (Fsp3) is 0. The van der Waals surface area contributed by atoms with E-state index in [0.29, 0.717) is 0 Å². The van der Waals surface area contributed by atoms with Crippen LogP contribution in [-0.2, 0) is 0 Å². The van der Waals surface area contributed by atoms with Gasteiger partial charge in [-0.05, 0) is 95.6 Å². The lowest BCUT2D eigenvalue weighted by Gasteiger charge is -2.17. The van der Waals surface area contributed by atoms with Gasteiger partial charge in [0.05, 0.1) is 39.5 Å². The molecule has 57 heavy (non-hydrogen) atoms. The van der Waals surface area contributed by atoms with E-state index < -0.39 is 0 Å². The van der Waals surface area contributed by atoms with Gasteiger partial charge in [0.2, 0.25) is 0 Å². The summed E-state index contributed by atoms with van der Waals surface area (Å²) in [5.74, 6) is 0. The maximum atomic E-state index is 4.95. The number of aromatic nitrogens is 5. The van der Waals surface area contributed by atoms with Gasteiger partial charge in [0.25, 0.3) is 0 Å². The van der Waals surface area contributed by atoms with Crippen molar-refractivity contribution in [2.75, 3.05) is 0 Å². The van der Waals surface area contributed by atoms with Crippen LogP contribution in [0.3, 0.4) is 0 Å². The van der Waals surface area contributed by atoms with Crippen LogP contribution in [0.1, 0.15) is 0 Å². The fourth-order valence-electron chi connectivity index (χ4n) is 9.12. The SMILES string of the molecule is c1cc(-c2cccc(-n3c4ccccc4c4ccccc43)c2)cc(-c2cc(-n3c4ccccc4c4ccccc43)ccc2-n2c3cnccc3c3cccnc32)c1. The van der Waals surface area contributed by atoms with E-state index in [1.165, 1.54) is 43.6 Å². The molecule has 5 heterocycles. The first-order valence-corrected chi connectivity index (χ1v) is 19.3. The van der Waals surface area contributed by atoms with Crippen molar-refractivity contribution >= 4 is 65.5 Å². The number of para-hydroxylation sites is 4. The van der Waals surface area contributed by atoms with E-state index in [4.69, 9.17) is 4.98 Å². The molecule has 0 aliphatic heterocycles. The minimum Gasteiger partial charge on any atom is -0.309 e. The zero-order valence-corrected chi connectivity index (χ0v) is 30.8. The summed E-state index contributed by atoms with van der Waals surface area (Å²) in [6, 6.07) is 65.7. The number of rotatable bonds is 5.